The lowest BCUT2D eigenvalue weighted by Crippen LogP contribution is -2.54. The van der Waals surface area contributed by atoms with Gasteiger partial charge in [0.25, 0.3) is 11.8 Å². The zero-order chi connectivity index (χ0) is 21.1. The molecule has 2 aromatic carbocycles. The third-order valence-electron chi connectivity index (χ3n) is 4.44. The molecular formula is C21H20N2O6. The normalized spacial score (nSPS) is 15.4. The van der Waals surface area contributed by atoms with E-state index in [9.17, 15) is 14.4 Å². The molecule has 0 bridgehead atoms. The van der Waals surface area contributed by atoms with E-state index in [4.69, 9.17) is 14.2 Å². The second-order valence-corrected chi connectivity index (χ2v) is 6.24. The minimum atomic E-state index is -0.810. The van der Waals surface area contributed by atoms with Crippen LogP contribution in [0, 0.1) is 6.92 Å². The number of carbonyl (C=O) groups excluding carboxylic acids is 3. The number of ether oxygens (including phenoxy) is 3. The number of nitrogens with one attached hydrogen (secondary N) is 1. The lowest BCUT2D eigenvalue weighted by molar-refractivity contribution is -0.122. The van der Waals surface area contributed by atoms with Crippen LogP contribution in [0.3, 0.4) is 0 Å². The van der Waals surface area contributed by atoms with Crippen LogP contribution in [0.5, 0.6) is 17.2 Å². The van der Waals surface area contributed by atoms with Gasteiger partial charge in [-0.25, -0.2) is 9.69 Å². The summed E-state index contributed by atoms with van der Waals surface area (Å²) in [6.45, 7) is 1.89. The van der Waals surface area contributed by atoms with Crippen LogP contribution in [0.2, 0.25) is 0 Å². The van der Waals surface area contributed by atoms with Crippen molar-refractivity contribution in [1.29, 1.82) is 0 Å². The molecule has 1 N–H and O–H groups in total. The van der Waals surface area contributed by atoms with Crippen LogP contribution in [-0.2, 0) is 9.59 Å². The molecule has 0 radical (unpaired) electrons. The van der Waals surface area contributed by atoms with E-state index >= 15 is 0 Å². The summed E-state index contributed by atoms with van der Waals surface area (Å²) in [4.78, 5) is 38.7. The summed E-state index contributed by atoms with van der Waals surface area (Å²) in [5.41, 5.74) is 1.46. The van der Waals surface area contributed by atoms with Crippen molar-refractivity contribution in [2.75, 3.05) is 26.2 Å². The Bertz CT molecular complexity index is 985. The van der Waals surface area contributed by atoms with E-state index < -0.39 is 17.8 Å². The van der Waals surface area contributed by atoms with Crippen molar-refractivity contribution in [1.82, 2.24) is 5.32 Å². The van der Waals surface area contributed by atoms with Crippen LogP contribution in [-0.4, -0.2) is 39.2 Å². The molecule has 2 aromatic rings. The van der Waals surface area contributed by atoms with Crippen LogP contribution in [0.25, 0.3) is 6.08 Å². The van der Waals surface area contributed by atoms with Gasteiger partial charge in [-0.1, -0.05) is 17.7 Å². The number of hydrogen-bond donors (Lipinski definition) is 1. The fourth-order valence-electron chi connectivity index (χ4n) is 2.91. The van der Waals surface area contributed by atoms with E-state index in [0.717, 1.165) is 10.5 Å². The molecular weight excluding hydrogens is 376 g/mol. The van der Waals surface area contributed by atoms with Gasteiger partial charge < -0.3 is 14.2 Å². The van der Waals surface area contributed by atoms with Crippen molar-refractivity contribution < 1.29 is 28.6 Å². The summed E-state index contributed by atoms with van der Waals surface area (Å²) in [6, 6.07) is 9.20. The Balaban J connectivity index is 2.11. The number of barbiturate groups is 1. The van der Waals surface area contributed by atoms with E-state index in [1.54, 1.807) is 36.4 Å². The monoisotopic (exact) mass is 396 g/mol. The summed E-state index contributed by atoms with van der Waals surface area (Å²) in [5, 5.41) is 2.19. The molecule has 1 aliphatic rings. The molecule has 0 saturated carbocycles. The van der Waals surface area contributed by atoms with Crippen molar-refractivity contribution in [2.24, 2.45) is 0 Å². The largest absolute Gasteiger partial charge is 0.496 e. The maximum Gasteiger partial charge on any atom is 0.335 e. The molecule has 3 rings (SSSR count). The van der Waals surface area contributed by atoms with Crippen molar-refractivity contribution in [3.63, 3.8) is 0 Å². The van der Waals surface area contributed by atoms with Gasteiger partial charge in [-0.3, -0.25) is 14.9 Å². The molecule has 1 saturated heterocycles. The van der Waals surface area contributed by atoms with Gasteiger partial charge in [0.1, 0.15) is 22.8 Å². The van der Waals surface area contributed by atoms with Crippen molar-refractivity contribution in [2.45, 2.75) is 6.92 Å². The van der Waals surface area contributed by atoms with E-state index in [-0.39, 0.29) is 5.57 Å². The molecule has 1 heterocycles. The van der Waals surface area contributed by atoms with Crippen molar-refractivity contribution in [3.8, 4) is 17.2 Å². The Kier molecular flexibility index (Phi) is 5.54. The fraction of sp³-hybridized carbons (Fsp3) is 0.190. The number of hydrogen-bond acceptors (Lipinski definition) is 6. The van der Waals surface area contributed by atoms with Gasteiger partial charge in [-0.2, -0.15) is 0 Å². The predicted octanol–water partition coefficient (Wildman–Crippen LogP) is 2.69. The Morgan fingerprint density at radius 3 is 2.00 bits per heavy atom. The predicted molar refractivity (Wildman–Crippen MR) is 106 cm³/mol. The highest BCUT2D eigenvalue weighted by Crippen LogP contribution is 2.36. The third-order valence-corrected chi connectivity index (χ3v) is 4.44. The Morgan fingerprint density at radius 2 is 1.48 bits per heavy atom. The average molecular weight is 396 g/mol. The number of amides is 4. The van der Waals surface area contributed by atoms with E-state index in [2.05, 4.69) is 5.32 Å². The summed E-state index contributed by atoms with van der Waals surface area (Å²) in [5.74, 6) is -0.385. The number of urea groups is 1. The Labute approximate surface area is 167 Å². The summed E-state index contributed by atoms with van der Waals surface area (Å²) in [7, 11) is 4.39. The Hall–Kier alpha value is -3.81. The quantitative estimate of drug-likeness (QED) is 0.617. The van der Waals surface area contributed by atoms with Gasteiger partial charge in [-0.05, 0) is 25.1 Å². The van der Waals surface area contributed by atoms with E-state index in [0.29, 0.717) is 28.5 Å². The second kappa shape index (κ2) is 8.05. The molecule has 0 aliphatic carbocycles. The summed E-state index contributed by atoms with van der Waals surface area (Å²) < 4.78 is 15.9. The van der Waals surface area contributed by atoms with Gasteiger partial charge in [0.15, 0.2) is 0 Å². The highest BCUT2D eigenvalue weighted by molar-refractivity contribution is 6.39. The number of anilines is 1. The maximum atomic E-state index is 13.0. The highest BCUT2D eigenvalue weighted by Gasteiger charge is 2.37. The number of methoxy groups -OCH3 is 3. The molecule has 8 heteroatoms. The molecule has 150 valence electrons. The molecule has 0 spiro atoms. The number of rotatable bonds is 5. The van der Waals surface area contributed by atoms with Gasteiger partial charge in [0.05, 0.1) is 32.6 Å². The highest BCUT2D eigenvalue weighted by atomic mass is 16.5. The fourth-order valence-corrected chi connectivity index (χ4v) is 2.91. The van der Waals surface area contributed by atoms with Crippen molar-refractivity contribution in [3.05, 3.63) is 53.1 Å². The lowest BCUT2D eigenvalue weighted by Gasteiger charge is -2.26. The number of imide groups is 2. The average Bonchev–Trinajstić information content (AvgIpc) is 2.71. The minimum absolute atomic E-state index is 0.230. The minimum Gasteiger partial charge on any atom is -0.496 e. The van der Waals surface area contributed by atoms with Crippen LogP contribution in [0.4, 0.5) is 10.5 Å². The third kappa shape index (κ3) is 3.77. The van der Waals surface area contributed by atoms with Crippen LogP contribution < -0.4 is 24.4 Å². The van der Waals surface area contributed by atoms with E-state index in [1.165, 1.54) is 27.4 Å². The first-order valence-corrected chi connectivity index (χ1v) is 8.67. The van der Waals surface area contributed by atoms with Gasteiger partial charge in [-0.15, -0.1) is 0 Å². The zero-order valence-electron chi connectivity index (χ0n) is 16.4. The number of nitrogens with zero attached hydrogens (tertiary/aromatic N) is 1. The molecule has 8 nitrogen and oxygen atoms in total. The molecule has 1 aliphatic heterocycles. The lowest BCUT2D eigenvalue weighted by atomic mass is 10.0. The molecule has 4 amide bonds. The molecule has 0 aromatic heterocycles. The topological polar surface area (TPSA) is 94.2 Å². The van der Waals surface area contributed by atoms with Crippen LogP contribution in [0.15, 0.2) is 42.0 Å². The first-order valence-electron chi connectivity index (χ1n) is 8.67. The Morgan fingerprint density at radius 1 is 0.897 bits per heavy atom. The number of carbonyl (C=O) groups is 3. The van der Waals surface area contributed by atoms with Gasteiger partial charge in [0, 0.05) is 12.1 Å². The number of benzene rings is 2. The SMILES string of the molecule is COc1cc(OC)c(C=C2C(=O)NC(=O)N(c3ccc(C)cc3)C2=O)c(OC)c1. The molecule has 0 unspecified atom stereocenters. The zero-order valence-corrected chi connectivity index (χ0v) is 16.4. The summed E-state index contributed by atoms with van der Waals surface area (Å²) >= 11 is 0. The van der Waals surface area contributed by atoms with Crippen LogP contribution >= 0.6 is 0 Å². The maximum absolute atomic E-state index is 13.0. The van der Waals surface area contributed by atoms with Gasteiger partial charge in [0.2, 0.25) is 0 Å². The number of aryl methyl sites for hydroxylation is 1. The molecule has 1 fully saturated rings. The standard InChI is InChI=1S/C21H20N2O6/c1-12-5-7-13(8-6-12)23-20(25)16(19(24)22-21(23)26)11-15-17(28-3)9-14(27-2)10-18(15)29-4/h5-11H,1-4H3,(H,22,24,26). The first-order chi connectivity index (χ1) is 13.9. The molecule has 29 heavy (non-hydrogen) atoms. The van der Waals surface area contributed by atoms with Crippen LogP contribution in [0.1, 0.15) is 11.1 Å². The smallest absolute Gasteiger partial charge is 0.335 e. The second-order valence-electron chi connectivity index (χ2n) is 6.24. The van der Waals surface area contributed by atoms with Gasteiger partial charge >= 0.3 is 6.03 Å². The van der Waals surface area contributed by atoms with E-state index in [1.807, 2.05) is 6.92 Å². The summed E-state index contributed by atoms with van der Waals surface area (Å²) in [6.07, 6.45) is 1.34. The first kappa shape index (κ1) is 19.9. The molecule has 0 atom stereocenters. The van der Waals surface area contributed by atoms with Crippen molar-refractivity contribution >= 4 is 29.6 Å².